The number of rotatable bonds is 8. The summed E-state index contributed by atoms with van der Waals surface area (Å²) in [6, 6.07) is 0.595. The lowest BCUT2D eigenvalue weighted by molar-refractivity contribution is 0.0895. The van der Waals surface area contributed by atoms with Crippen LogP contribution in [0.3, 0.4) is 0 Å². The number of hydrogen-bond acceptors (Lipinski definition) is 2. The summed E-state index contributed by atoms with van der Waals surface area (Å²) in [6.45, 7) is 17.1. The molecule has 15 heavy (non-hydrogen) atoms. The van der Waals surface area contributed by atoms with E-state index in [0.29, 0.717) is 6.04 Å². The predicted molar refractivity (Wildman–Crippen MR) is 69.4 cm³/mol. The molecule has 2 nitrogen and oxygen atoms in total. The lowest BCUT2D eigenvalue weighted by Crippen LogP contribution is -2.57. The fourth-order valence-corrected chi connectivity index (χ4v) is 2.47. The van der Waals surface area contributed by atoms with E-state index in [-0.39, 0.29) is 5.54 Å². The summed E-state index contributed by atoms with van der Waals surface area (Å²) in [5.74, 6) is 0. The first-order valence-corrected chi connectivity index (χ1v) is 6.52. The number of likely N-dealkylation sites (N-methyl/N-ethyl adjacent to an activating group) is 1. The van der Waals surface area contributed by atoms with Crippen LogP contribution in [0.5, 0.6) is 0 Å². The van der Waals surface area contributed by atoms with Crippen LogP contribution in [0.15, 0.2) is 0 Å². The molecule has 0 aromatic carbocycles. The van der Waals surface area contributed by atoms with Crippen molar-refractivity contribution in [2.45, 2.75) is 66.0 Å². The van der Waals surface area contributed by atoms with Gasteiger partial charge in [-0.05, 0) is 46.3 Å². The van der Waals surface area contributed by atoms with Crippen molar-refractivity contribution in [3.05, 3.63) is 0 Å². The molecule has 0 saturated heterocycles. The summed E-state index contributed by atoms with van der Waals surface area (Å²) in [6.07, 6.45) is 2.41. The molecule has 0 aliphatic rings. The molecule has 0 aliphatic carbocycles. The van der Waals surface area contributed by atoms with Crippen LogP contribution < -0.4 is 5.32 Å². The van der Waals surface area contributed by atoms with Crippen LogP contribution in [0, 0.1) is 0 Å². The number of nitrogens with one attached hydrogen (secondary N) is 1. The Morgan fingerprint density at radius 2 is 1.60 bits per heavy atom. The molecule has 92 valence electrons. The van der Waals surface area contributed by atoms with Gasteiger partial charge in [-0.15, -0.1) is 0 Å². The van der Waals surface area contributed by atoms with E-state index in [4.69, 9.17) is 0 Å². The fraction of sp³-hybridized carbons (Fsp3) is 1.00. The van der Waals surface area contributed by atoms with Gasteiger partial charge in [0.1, 0.15) is 0 Å². The van der Waals surface area contributed by atoms with Gasteiger partial charge < -0.3 is 5.32 Å². The van der Waals surface area contributed by atoms with E-state index in [0.717, 1.165) is 19.6 Å². The Balaban J connectivity index is 4.47. The van der Waals surface area contributed by atoms with E-state index in [9.17, 15) is 0 Å². The van der Waals surface area contributed by atoms with Gasteiger partial charge in [0.2, 0.25) is 0 Å². The first-order valence-electron chi connectivity index (χ1n) is 6.52. The molecule has 0 aliphatic heterocycles. The Bertz CT molecular complexity index is 151. The van der Waals surface area contributed by atoms with Crippen molar-refractivity contribution in [2.24, 2.45) is 0 Å². The maximum Gasteiger partial charge on any atom is 0.0305 e. The molecule has 0 radical (unpaired) electrons. The topological polar surface area (TPSA) is 15.3 Å². The molecule has 1 N–H and O–H groups in total. The molecule has 0 heterocycles. The third kappa shape index (κ3) is 4.12. The standard InChI is InChI=1S/C13H30N2/c1-7-11-14-12(8-2)13(5,6)15(9-3)10-4/h12,14H,7-11H2,1-6H3. The molecule has 0 aromatic rings. The highest BCUT2D eigenvalue weighted by Crippen LogP contribution is 2.20. The highest BCUT2D eigenvalue weighted by molar-refractivity contribution is 4.92. The molecule has 0 bridgehead atoms. The smallest absolute Gasteiger partial charge is 0.0305 e. The monoisotopic (exact) mass is 214 g/mol. The SMILES string of the molecule is CCCNC(CC)C(C)(C)N(CC)CC. The van der Waals surface area contributed by atoms with Gasteiger partial charge in [-0.25, -0.2) is 0 Å². The molecule has 0 aromatic heterocycles. The van der Waals surface area contributed by atoms with Crippen LogP contribution in [-0.2, 0) is 0 Å². The minimum atomic E-state index is 0.257. The van der Waals surface area contributed by atoms with E-state index >= 15 is 0 Å². The molecule has 0 saturated carbocycles. The van der Waals surface area contributed by atoms with Crippen LogP contribution in [0.1, 0.15) is 54.4 Å². The number of nitrogens with zero attached hydrogens (tertiary/aromatic N) is 1. The Morgan fingerprint density at radius 1 is 1.07 bits per heavy atom. The summed E-state index contributed by atoms with van der Waals surface area (Å²) in [5, 5.41) is 3.67. The Morgan fingerprint density at radius 3 is 1.93 bits per heavy atom. The number of hydrogen-bond donors (Lipinski definition) is 1. The molecule has 0 rings (SSSR count). The van der Waals surface area contributed by atoms with Crippen LogP contribution in [0.2, 0.25) is 0 Å². The van der Waals surface area contributed by atoms with Gasteiger partial charge in [-0.1, -0.05) is 27.7 Å². The van der Waals surface area contributed by atoms with E-state index in [1.165, 1.54) is 12.8 Å². The largest absolute Gasteiger partial charge is 0.312 e. The van der Waals surface area contributed by atoms with Gasteiger partial charge in [0.05, 0.1) is 0 Å². The van der Waals surface area contributed by atoms with E-state index < -0.39 is 0 Å². The Kier molecular flexibility index (Phi) is 7.20. The maximum absolute atomic E-state index is 3.67. The predicted octanol–water partition coefficient (Wildman–Crippen LogP) is 2.89. The second-order valence-corrected chi connectivity index (χ2v) is 4.74. The second-order valence-electron chi connectivity index (χ2n) is 4.74. The van der Waals surface area contributed by atoms with E-state index in [2.05, 4.69) is 51.8 Å². The fourth-order valence-electron chi connectivity index (χ4n) is 2.47. The van der Waals surface area contributed by atoms with Gasteiger partial charge in [-0.3, -0.25) is 4.90 Å². The summed E-state index contributed by atoms with van der Waals surface area (Å²) in [5.41, 5.74) is 0.257. The summed E-state index contributed by atoms with van der Waals surface area (Å²) < 4.78 is 0. The van der Waals surface area contributed by atoms with Crippen molar-refractivity contribution >= 4 is 0 Å². The van der Waals surface area contributed by atoms with Gasteiger partial charge >= 0.3 is 0 Å². The lowest BCUT2D eigenvalue weighted by atomic mass is 9.90. The Labute approximate surface area is 96.4 Å². The highest BCUT2D eigenvalue weighted by atomic mass is 15.2. The van der Waals surface area contributed by atoms with Crippen molar-refractivity contribution in [1.82, 2.24) is 10.2 Å². The summed E-state index contributed by atoms with van der Waals surface area (Å²) in [7, 11) is 0. The van der Waals surface area contributed by atoms with Crippen molar-refractivity contribution in [3.63, 3.8) is 0 Å². The van der Waals surface area contributed by atoms with Crippen molar-refractivity contribution in [1.29, 1.82) is 0 Å². The van der Waals surface area contributed by atoms with Crippen molar-refractivity contribution < 1.29 is 0 Å². The minimum absolute atomic E-state index is 0.257. The van der Waals surface area contributed by atoms with Gasteiger partial charge in [0.15, 0.2) is 0 Å². The average molecular weight is 214 g/mol. The minimum Gasteiger partial charge on any atom is -0.312 e. The van der Waals surface area contributed by atoms with Crippen molar-refractivity contribution in [3.8, 4) is 0 Å². The normalized spacial score (nSPS) is 14.6. The van der Waals surface area contributed by atoms with Crippen LogP contribution in [0.4, 0.5) is 0 Å². The van der Waals surface area contributed by atoms with Gasteiger partial charge in [0, 0.05) is 11.6 Å². The first-order chi connectivity index (χ1) is 7.04. The van der Waals surface area contributed by atoms with Crippen LogP contribution in [0.25, 0.3) is 0 Å². The van der Waals surface area contributed by atoms with Crippen LogP contribution in [-0.4, -0.2) is 36.1 Å². The zero-order chi connectivity index (χ0) is 11.9. The lowest BCUT2D eigenvalue weighted by Gasteiger charge is -2.43. The molecular formula is C13H30N2. The zero-order valence-electron chi connectivity index (χ0n) is 11.6. The highest BCUT2D eigenvalue weighted by Gasteiger charge is 2.32. The van der Waals surface area contributed by atoms with E-state index in [1.807, 2.05) is 0 Å². The van der Waals surface area contributed by atoms with Gasteiger partial charge in [-0.2, -0.15) is 0 Å². The summed E-state index contributed by atoms with van der Waals surface area (Å²) in [4.78, 5) is 2.55. The quantitative estimate of drug-likeness (QED) is 0.668. The maximum atomic E-state index is 3.67. The Hall–Kier alpha value is -0.0800. The summed E-state index contributed by atoms with van der Waals surface area (Å²) >= 11 is 0. The molecular weight excluding hydrogens is 184 g/mol. The molecule has 2 heteroatoms. The molecule has 1 unspecified atom stereocenters. The molecule has 0 amide bonds. The second kappa shape index (κ2) is 7.24. The average Bonchev–Trinajstić information content (AvgIpc) is 2.20. The molecule has 0 spiro atoms. The third-order valence-electron chi connectivity index (χ3n) is 3.48. The molecule has 0 fully saturated rings. The van der Waals surface area contributed by atoms with Gasteiger partial charge in [0.25, 0.3) is 0 Å². The van der Waals surface area contributed by atoms with E-state index in [1.54, 1.807) is 0 Å². The third-order valence-corrected chi connectivity index (χ3v) is 3.48. The zero-order valence-corrected chi connectivity index (χ0v) is 11.6. The van der Waals surface area contributed by atoms with Crippen molar-refractivity contribution in [2.75, 3.05) is 19.6 Å². The van der Waals surface area contributed by atoms with Crippen LogP contribution >= 0.6 is 0 Å². The molecule has 1 atom stereocenters. The first kappa shape index (κ1) is 14.9.